The van der Waals surface area contributed by atoms with Gasteiger partial charge in [0.25, 0.3) is 11.8 Å². The predicted octanol–water partition coefficient (Wildman–Crippen LogP) is 1.65. The van der Waals surface area contributed by atoms with Crippen LogP contribution in [0.15, 0.2) is 34.9 Å². The van der Waals surface area contributed by atoms with E-state index in [2.05, 4.69) is 5.16 Å². The molecule has 1 aliphatic rings. The summed E-state index contributed by atoms with van der Waals surface area (Å²) in [5, 5.41) is 3.77. The molecule has 0 unspecified atom stereocenters. The Labute approximate surface area is 146 Å². The van der Waals surface area contributed by atoms with E-state index in [1.54, 1.807) is 22.8 Å². The molecule has 0 bridgehead atoms. The van der Waals surface area contributed by atoms with E-state index in [9.17, 15) is 9.59 Å². The zero-order chi connectivity index (χ0) is 18.0. The second kappa shape index (κ2) is 6.96. The predicted molar refractivity (Wildman–Crippen MR) is 93.8 cm³/mol. The molecule has 1 fully saturated rings. The van der Waals surface area contributed by atoms with Gasteiger partial charge < -0.3 is 19.2 Å². The highest BCUT2D eigenvalue weighted by Crippen LogP contribution is 2.17. The maximum Gasteiger partial charge on any atom is 0.276 e. The van der Waals surface area contributed by atoms with Crippen LogP contribution in [-0.4, -0.2) is 67.0 Å². The number of rotatable bonds is 3. The molecule has 1 saturated heterocycles. The molecule has 7 nitrogen and oxygen atoms in total. The number of anilines is 1. The highest BCUT2D eigenvalue weighted by atomic mass is 16.5. The molecule has 1 aromatic heterocycles. The van der Waals surface area contributed by atoms with E-state index in [1.807, 2.05) is 43.3 Å². The number of aromatic nitrogens is 1. The summed E-state index contributed by atoms with van der Waals surface area (Å²) >= 11 is 0. The second-order valence-corrected chi connectivity index (χ2v) is 6.35. The van der Waals surface area contributed by atoms with E-state index in [0.29, 0.717) is 43.2 Å². The van der Waals surface area contributed by atoms with Gasteiger partial charge in [-0.15, -0.1) is 0 Å². The molecule has 0 radical (unpaired) electrons. The lowest BCUT2D eigenvalue weighted by atomic mass is 10.1. The van der Waals surface area contributed by atoms with Crippen LogP contribution in [0.5, 0.6) is 0 Å². The van der Waals surface area contributed by atoms with Gasteiger partial charge in [0.15, 0.2) is 5.69 Å². The van der Waals surface area contributed by atoms with Crippen molar-refractivity contribution in [3.05, 3.63) is 47.3 Å². The van der Waals surface area contributed by atoms with Gasteiger partial charge in [-0.2, -0.15) is 0 Å². The summed E-state index contributed by atoms with van der Waals surface area (Å²) in [5.41, 5.74) is 1.97. The van der Waals surface area contributed by atoms with Crippen LogP contribution in [0.1, 0.15) is 26.6 Å². The third-order valence-corrected chi connectivity index (χ3v) is 4.31. The topological polar surface area (TPSA) is 69.9 Å². The van der Waals surface area contributed by atoms with Crippen molar-refractivity contribution in [1.29, 1.82) is 0 Å². The number of nitrogens with zero attached hydrogens (tertiary/aromatic N) is 4. The molecule has 0 spiro atoms. The van der Waals surface area contributed by atoms with Crippen LogP contribution >= 0.6 is 0 Å². The smallest absolute Gasteiger partial charge is 0.276 e. The first-order chi connectivity index (χ1) is 12.0. The maximum absolute atomic E-state index is 12.7. The van der Waals surface area contributed by atoms with Gasteiger partial charge in [0.1, 0.15) is 5.76 Å². The van der Waals surface area contributed by atoms with Gasteiger partial charge in [-0.3, -0.25) is 9.59 Å². The first kappa shape index (κ1) is 17.0. The van der Waals surface area contributed by atoms with Crippen molar-refractivity contribution in [3.8, 4) is 0 Å². The molecule has 2 aromatic rings. The Hall–Kier alpha value is -2.83. The zero-order valence-electron chi connectivity index (χ0n) is 14.7. The van der Waals surface area contributed by atoms with E-state index in [1.165, 1.54) is 0 Å². The van der Waals surface area contributed by atoms with Crippen LogP contribution in [0, 0.1) is 6.92 Å². The zero-order valence-corrected chi connectivity index (χ0v) is 14.7. The van der Waals surface area contributed by atoms with Gasteiger partial charge in [-0.1, -0.05) is 11.2 Å². The standard InChI is InChI=1S/C18H22N4O3/c1-13-11-16(19-25-13)18(24)22-9-7-21(8-10-22)17(23)14-5-4-6-15(12-14)20(2)3/h4-6,11-12H,7-10H2,1-3H3. The summed E-state index contributed by atoms with van der Waals surface area (Å²) in [5.74, 6) is 0.449. The number of hydrogen-bond acceptors (Lipinski definition) is 5. The summed E-state index contributed by atoms with van der Waals surface area (Å²) in [4.78, 5) is 30.5. The van der Waals surface area contributed by atoms with Gasteiger partial charge in [0.05, 0.1) is 0 Å². The quantitative estimate of drug-likeness (QED) is 0.848. The molecule has 2 heterocycles. The van der Waals surface area contributed by atoms with E-state index in [-0.39, 0.29) is 11.8 Å². The lowest BCUT2D eigenvalue weighted by Crippen LogP contribution is -2.50. The van der Waals surface area contributed by atoms with Crippen LogP contribution in [0.3, 0.4) is 0 Å². The summed E-state index contributed by atoms with van der Waals surface area (Å²) in [7, 11) is 3.89. The van der Waals surface area contributed by atoms with Crippen molar-refractivity contribution < 1.29 is 14.1 Å². The molecule has 1 aliphatic heterocycles. The third kappa shape index (κ3) is 3.65. The van der Waals surface area contributed by atoms with Crippen LogP contribution in [-0.2, 0) is 0 Å². The number of benzene rings is 1. The van der Waals surface area contributed by atoms with E-state index in [0.717, 1.165) is 5.69 Å². The Kier molecular flexibility index (Phi) is 4.74. The summed E-state index contributed by atoms with van der Waals surface area (Å²) in [6, 6.07) is 9.19. The minimum atomic E-state index is -0.154. The highest BCUT2D eigenvalue weighted by Gasteiger charge is 2.27. The van der Waals surface area contributed by atoms with Crippen molar-refractivity contribution in [3.63, 3.8) is 0 Å². The van der Waals surface area contributed by atoms with E-state index in [4.69, 9.17) is 4.52 Å². The fourth-order valence-corrected chi connectivity index (χ4v) is 2.84. The first-order valence-electron chi connectivity index (χ1n) is 8.25. The Morgan fingerprint density at radius 2 is 1.68 bits per heavy atom. The van der Waals surface area contributed by atoms with Gasteiger partial charge >= 0.3 is 0 Å². The van der Waals surface area contributed by atoms with Crippen molar-refractivity contribution in [2.24, 2.45) is 0 Å². The summed E-state index contributed by atoms with van der Waals surface area (Å²) in [6.07, 6.45) is 0. The van der Waals surface area contributed by atoms with Crippen molar-refractivity contribution >= 4 is 17.5 Å². The van der Waals surface area contributed by atoms with Crippen LogP contribution < -0.4 is 4.90 Å². The number of carbonyl (C=O) groups excluding carboxylic acids is 2. The second-order valence-electron chi connectivity index (χ2n) is 6.35. The molecular weight excluding hydrogens is 320 g/mol. The number of aryl methyl sites for hydroxylation is 1. The molecule has 0 saturated carbocycles. The maximum atomic E-state index is 12.7. The van der Waals surface area contributed by atoms with E-state index >= 15 is 0 Å². The molecular formula is C18H22N4O3. The molecule has 3 rings (SSSR count). The minimum Gasteiger partial charge on any atom is -0.378 e. The van der Waals surface area contributed by atoms with Crippen LogP contribution in [0.25, 0.3) is 0 Å². The fraction of sp³-hybridized carbons (Fsp3) is 0.389. The van der Waals surface area contributed by atoms with Crippen LogP contribution in [0.2, 0.25) is 0 Å². The molecule has 132 valence electrons. The van der Waals surface area contributed by atoms with Gasteiger partial charge in [0, 0.05) is 57.6 Å². The molecule has 1 aromatic carbocycles. The summed E-state index contributed by atoms with van der Waals surface area (Å²) in [6.45, 7) is 3.75. The van der Waals surface area contributed by atoms with Gasteiger partial charge in [0.2, 0.25) is 0 Å². The number of piperazine rings is 1. The van der Waals surface area contributed by atoms with Gasteiger partial charge in [-0.25, -0.2) is 0 Å². The third-order valence-electron chi connectivity index (χ3n) is 4.31. The minimum absolute atomic E-state index is 0.00641. The molecule has 2 amide bonds. The Morgan fingerprint density at radius 1 is 1.04 bits per heavy atom. The average Bonchev–Trinajstić information content (AvgIpc) is 3.07. The Balaban J connectivity index is 1.63. The molecule has 0 aliphatic carbocycles. The lowest BCUT2D eigenvalue weighted by molar-refractivity contribution is 0.0530. The molecule has 0 atom stereocenters. The normalized spacial score (nSPS) is 14.5. The monoisotopic (exact) mass is 342 g/mol. The number of hydrogen-bond donors (Lipinski definition) is 0. The van der Waals surface area contributed by atoms with Crippen molar-refractivity contribution in [2.45, 2.75) is 6.92 Å². The molecule has 7 heteroatoms. The van der Waals surface area contributed by atoms with E-state index < -0.39 is 0 Å². The largest absolute Gasteiger partial charge is 0.378 e. The first-order valence-corrected chi connectivity index (χ1v) is 8.25. The summed E-state index contributed by atoms with van der Waals surface area (Å²) < 4.78 is 4.96. The lowest BCUT2D eigenvalue weighted by Gasteiger charge is -2.34. The van der Waals surface area contributed by atoms with Crippen molar-refractivity contribution in [2.75, 3.05) is 45.2 Å². The Morgan fingerprint density at radius 3 is 2.24 bits per heavy atom. The molecule has 0 N–H and O–H groups in total. The average molecular weight is 342 g/mol. The number of carbonyl (C=O) groups is 2. The number of amides is 2. The Bertz CT molecular complexity index is 776. The molecule has 25 heavy (non-hydrogen) atoms. The van der Waals surface area contributed by atoms with Crippen LogP contribution in [0.4, 0.5) is 5.69 Å². The van der Waals surface area contributed by atoms with Crippen molar-refractivity contribution in [1.82, 2.24) is 15.0 Å². The SMILES string of the molecule is Cc1cc(C(=O)N2CCN(C(=O)c3cccc(N(C)C)c3)CC2)no1. The van der Waals surface area contributed by atoms with Gasteiger partial charge in [-0.05, 0) is 25.1 Å². The fourth-order valence-electron chi connectivity index (χ4n) is 2.84. The highest BCUT2D eigenvalue weighted by molar-refractivity contribution is 5.96.